The van der Waals surface area contributed by atoms with Gasteiger partial charge in [-0.2, -0.15) is 22.9 Å². The molecule has 0 aliphatic rings. The van der Waals surface area contributed by atoms with Crippen molar-refractivity contribution in [3.05, 3.63) is 0 Å². The number of halogens is 2. The Balaban J connectivity index is 3.20. The van der Waals surface area contributed by atoms with Crippen LogP contribution in [0.1, 0.15) is 6.92 Å². The molecule has 0 unspecified atom stereocenters. The van der Waals surface area contributed by atoms with Crippen LogP contribution in [0.25, 0.3) is 0 Å². The molecule has 0 aliphatic carbocycles. The number of rotatable bonds is 0. The van der Waals surface area contributed by atoms with Gasteiger partial charge < -0.3 is 0 Å². The molecule has 0 rings (SSSR count). The molecule has 0 nitrogen and oxygen atoms in total. The highest BCUT2D eigenvalue weighted by Gasteiger charge is 1.94. The minimum Gasteiger partial charge on any atom is -0.153 e. The molecular formula is C3H3BCl2. The van der Waals surface area contributed by atoms with E-state index in [2.05, 4.69) is 11.7 Å². The third-order valence-electron chi connectivity index (χ3n) is 0.253. The maximum atomic E-state index is 5.17. The normalized spacial score (nSPS) is 5.83. The average molecular weight is 121 g/mol. The Labute approximate surface area is 47.7 Å². The van der Waals surface area contributed by atoms with Crippen LogP contribution in [0.2, 0.25) is 0 Å². The van der Waals surface area contributed by atoms with Crippen LogP contribution in [-0.2, 0) is 0 Å². The summed E-state index contributed by atoms with van der Waals surface area (Å²) >= 11 is 10.3. The van der Waals surface area contributed by atoms with Gasteiger partial charge in [0.25, 0.3) is 0 Å². The second-order valence-corrected chi connectivity index (χ2v) is 1.79. The first kappa shape index (κ1) is 6.20. The SMILES string of the molecule is CC#CB(Cl)Cl. The molecule has 0 aliphatic heterocycles. The van der Waals surface area contributed by atoms with Crippen molar-refractivity contribution in [2.45, 2.75) is 6.92 Å². The molecule has 0 atom stereocenters. The van der Waals surface area contributed by atoms with E-state index in [1.54, 1.807) is 6.92 Å². The molecule has 0 aromatic heterocycles. The van der Waals surface area contributed by atoms with Crippen LogP contribution in [0.4, 0.5) is 0 Å². The lowest BCUT2D eigenvalue weighted by molar-refractivity contribution is 1.93. The van der Waals surface area contributed by atoms with Crippen LogP contribution in [0.5, 0.6) is 0 Å². The zero-order valence-corrected chi connectivity index (χ0v) is 4.85. The van der Waals surface area contributed by atoms with Crippen LogP contribution in [0, 0.1) is 11.7 Å². The first-order valence-electron chi connectivity index (χ1n) is 1.48. The Morgan fingerprint density at radius 2 is 2.00 bits per heavy atom. The lowest BCUT2D eigenvalue weighted by Crippen LogP contribution is -1.82. The van der Waals surface area contributed by atoms with Gasteiger partial charge in [0, 0.05) is 0 Å². The van der Waals surface area contributed by atoms with Crippen LogP contribution in [-0.4, -0.2) is 5.54 Å². The van der Waals surface area contributed by atoms with Crippen molar-refractivity contribution in [1.82, 2.24) is 0 Å². The molecule has 0 saturated heterocycles. The highest BCUT2D eigenvalue weighted by Crippen LogP contribution is 1.89. The quantitative estimate of drug-likeness (QED) is 0.336. The van der Waals surface area contributed by atoms with E-state index in [0.717, 1.165) is 0 Å². The fourth-order valence-corrected chi connectivity index (χ4v) is 0.327. The molecule has 6 heavy (non-hydrogen) atoms. The summed E-state index contributed by atoms with van der Waals surface area (Å²) in [5.74, 6) is 5.04. The van der Waals surface area contributed by atoms with Crippen molar-refractivity contribution in [2.24, 2.45) is 0 Å². The largest absolute Gasteiger partial charge is 0.431 e. The van der Waals surface area contributed by atoms with E-state index in [0.29, 0.717) is 0 Å². The molecule has 0 radical (unpaired) electrons. The molecule has 0 aromatic rings. The first-order valence-corrected chi connectivity index (χ1v) is 2.35. The van der Waals surface area contributed by atoms with Gasteiger partial charge in [-0.3, -0.25) is 0 Å². The van der Waals surface area contributed by atoms with Gasteiger partial charge in [0.15, 0.2) is 0 Å². The lowest BCUT2D eigenvalue weighted by Gasteiger charge is -1.69. The summed E-state index contributed by atoms with van der Waals surface area (Å²) in [6.07, 6.45) is 0. The van der Waals surface area contributed by atoms with E-state index in [1.165, 1.54) is 0 Å². The predicted molar refractivity (Wildman–Crippen MR) is 30.9 cm³/mol. The Morgan fingerprint density at radius 3 is 2.00 bits per heavy atom. The van der Waals surface area contributed by atoms with E-state index < -0.39 is 5.54 Å². The Kier molecular flexibility index (Phi) is 3.51. The highest BCUT2D eigenvalue weighted by atomic mass is 35.5. The molecule has 0 aromatic carbocycles. The lowest BCUT2D eigenvalue weighted by atomic mass is 10.1. The minimum atomic E-state index is -0.519. The zero-order chi connectivity index (χ0) is 4.99. The molecular weight excluding hydrogens is 118 g/mol. The van der Waals surface area contributed by atoms with Crippen molar-refractivity contribution < 1.29 is 0 Å². The summed E-state index contributed by atoms with van der Waals surface area (Å²) in [5.41, 5.74) is -0.519. The van der Waals surface area contributed by atoms with Crippen molar-refractivity contribution in [1.29, 1.82) is 0 Å². The molecule has 3 heteroatoms. The first-order chi connectivity index (χ1) is 2.77. The fourth-order valence-electron chi connectivity index (χ4n) is 0.109. The summed E-state index contributed by atoms with van der Waals surface area (Å²) in [5, 5.41) is 0. The van der Waals surface area contributed by atoms with Crippen LogP contribution >= 0.6 is 22.9 Å². The van der Waals surface area contributed by atoms with Gasteiger partial charge in [-0.25, -0.2) is 0 Å². The van der Waals surface area contributed by atoms with Crippen LogP contribution in [0.15, 0.2) is 0 Å². The van der Waals surface area contributed by atoms with Gasteiger partial charge >= 0.3 is 5.54 Å². The predicted octanol–water partition coefficient (Wildman–Crippen LogP) is 1.51. The summed E-state index contributed by atoms with van der Waals surface area (Å²) in [6.45, 7) is 1.69. The van der Waals surface area contributed by atoms with E-state index in [9.17, 15) is 0 Å². The van der Waals surface area contributed by atoms with E-state index in [4.69, 9.17) is 22.9 Å². The second kappa shape index (κ2) is 3.40. The third kappa shape index (κ3) is 4.20. The topological polar surface area (TPSA) is 0 Å². The Bertz CT molecular complexity index is 78.5. The van der Waals surface area contributed by atoms with Gasteiger partial charge in [-0.15, -0.1) is 11.7 Å². The molecule has 0 spiro atoms. The van der Waals surface area contributed by atoms with Gasteiger partial charge in [0.2, 0.25) is 0 Å². The standard InChI is InChI=1S/C3H3BCl2/c1-2-3-4(5)6/h1H3. The molecule has 32 valence electrons. The average Bonchev–Trinajstić information content (AvgIpc) is 1.35. The third-order valence-corrected chi connectivity index (χ3v) is 0.472. The Hall–Kier alpha value is 0.205. The molecule has 0 heterocycles. The van der Waals surface area contributed by atoms with E-state index in [1.807, 2.05) is 0 Å². The van der Waals surface area contributed by atoms with Crippen LogP contribution < -0.4 is 0 Å². The summed E-state index contributed by atoms with van der Waals surface area (Å²) in [4.78, 5) is 0. The van der Waals surface area contributed by atoms with Crippen molar-refractivity contribution >= 4 is 28.5 Å². The Morgan fingerprint density at radius 1 is 1.50 bits per heavy atom. The summed E-state index contributed by atoms with van der Waals surface area (Å²) < 4.78 is 0. The van der Waals surface area contributed by atoms with Crippen LogP contribution in [0.3, 0.4) is 0 Å². The van der Waals surface area contributed by atoms with Crippen molar-refractivity contribution in [3.8, 4) is 11.7 Å². The molecule has 0 amide bonds. The second-order valence-electron chi connectivity index (χ2n) is 0.695. The fraction of sp³-hybridized carbons (Fsp3) is 0.333. The number of hydrogen-bond acceptors (Lipinski definition) is 0. The number of hydrogen-bond donors (Lipinski definition) is 0. The summed E-state index contributed by atoms with van der Waals surface area (Å²) in [7, 11) is 0. The molecule has 0 N–H and O–H groups in total. The molecule has 0 fully saturated rings. The zero-order valence-electron chi connectivity index (χ0n) is 3.33. The molecule has 0 saturated carbocycles. The van der Waals surface area contributed by atoms with Crippen molar-refractivity contribution in [2.75, 3.05) is 0 Å². The van der Waals surface area contributed by atoms with Crippen molar-refractivity contribution in [3.63, 3.8) is 0 Å². The smallest absolute Gasteiger partial charge is 0.153 e. The molecule has 0 bridgehead atoms. The summed E-state index contributed by atoms with van der Waals surface area (Å²) in [6, 6.07) is 0. The monoisotopic (exact) mass is 120 g/mol. The highest BCUT2D eigenvalue weighted by molar-refractivity contribution is 7.37. The van der Waals surface area contributed by atoms with Gasteiger partial charge in [0.05, 0.1) is 0 Å². The maximum Gasteiger partial charge on any atom is 0.431 e. The minimum absolute atomic E-state index is 0.519. The van der Waals surface area contributed by atoms with E-state index in [-0.39, 0.29) is 0 Å². The van der Waals surface area contributed by atoms with Gasteiger partial charge in [-0.1, -0.05) is 0 Å². The maximum absolute atomic E-state index is 5.17. The van der Waals surface area contributed by atoms with Gasteiger partial charge in [0.1, 0.15) is 0 Å². The van der Waals surface area contributed by atoms with E-state index >= 15 is 0 Å². The van der Waals surface area contributed by atoms with Gasteiger partial charge in [-0.05, 0) is 6.92 Å².